The summed E-state index contributed by atoms with van der Waals surface area (Å²) in [5.41, 5.74) is 0.388. The minimum Gasteiger partial charge on any atom is -0.492 e. The Labute approximate surface area is 152 Å². The molecule has 1 saturated heterocycles. The molecular weight excluding hydrogens is 314 g/mol. The largest absolute Gasteiger partial charge is 0.492 e. The first-order valence-electron chi connectivity index (χ1n) is 9.32. The molecule has 5 heteroatoms. The van der Waals surface area contributed by atoms with Gasteiger partial charge in [0.25, 0.3) is 0 Å². The van der Waals surface area contributed by atoms with Crippen molar-refractivity contribution in [3.05, 3.63) is 30.3 Å². The minimum absolute atomic E-state index is 0.0832. The quantitative estimate of drug-likeness (QED) is 0.733. The minimum atomic E-state index is 0.0832. The maximum absolute atomic E-state index is 12.0. The average Bonchev–Trinajstić information content (AvgIpc) is 2.58. The molecule has 0 aliphatic carbocycles. The Balaban J connectivity index is 1.54. The van der Waals surface area contributed by atoms with Gasteiger partial charge in [0, 0.05) is 26.2 Å². The van der Waals surface area contributed by atoms with Gasteiger partial charge in [0.2, 0.25) is 5.91 Å². The molecule has 0 radical (unpaired) electrons. The van der Waals surface area contributed by atoms with Crippen LogP contribution >= 0.6 is 0 Å². The van der Waals surface area contributed by atoms with Gasteiger partial charge in [-0.15, -0.1) is 0 Å². The third-order valence-electron chi connectivity index (χ3n) is 4.45. The molecular formula is C20H33N3O2. The van der Waals surface area contributed by atoms with Crippen molar-refractivity contribution in [3.8, 4) is 5.75 Å². The van der Waals surface area contributed by atoms with Crippen LogP contribution in [0.3, 0.4) is 0 Å². The monoisotopic (exact) mass is 347 g/mol. The number of ether oxygens (including phenoxy) is 1. The number of carbonyl (C=O) groups excluding carboxylic acids is 1. The van der Waals surface area contributed by atoms with Gasteiger partial charge in [-0.3, -0.25) is 9.69 Å². The molecule has 140 valence electrons. The zero-order chi connectivity index (χ0) is 18.1. The van der Waals surface area contributed by atoms with Gasteiger partial charge >= 0.3 is 0 Å². The van der Waals surface area contributed by atoms with Gasteiger partial charge < -0.3 is 15.0 Å². The van der Waals surface area contributed by atoms with Crippen molar-refractivity contribution < 1.29 is 9.53 Å². The van der Waals surface area contributed by atoms with Gasteiger partial charge in [0.05, 0.1) is 13.1 Å². The highest BCUT2D eigenvalue weighted by Crippen LogP contribution is 2.19. The molecule has 0 bridgehead atoms. The van der Waals surface area contributed by atoms with Crippen molar-refractivity contribution >= 4 is 5.91 Å². The van der Waals surface area contributed by atoms with E-state index in [1.807, 2.05) is 30.3 Å². The van der Waals surface area contributed by atoms with Crippen molar-refractivity contribution in [1.82, 2.24) is 15.1 Å². The van der Waals surface area contributed by atoms with E-state index < -0.39 is 0 Å². The van der Waals surface area contributed by atoms with Crippen LogP contribution in [0.2, 0.25) is 0 Å². The summed E-state index contributed by atoms with van der Waals surface area (Å²) in [4.78, 5) is 16.8. The molecule has 1 N–H and O–H groups in total. The summed E-state index contributed by atoms with van der Waals surface area (Å²) in [5, 5.41) is 2.94. The predicted octanol–water partition coefficient (Wildman–Crippen LogP) is 2.24. The SMILES string of the molecule is CC(C)(C)CCN1CCN(CC(=O)NCCOc2ccccc2)CC1. The van der Waals surface area contributed by atoms with Gasteiger partial charge in [-0.25, -0.2) is 0 Å². The van der Waals surface area contributed by atoms with Crippen LogP contribution < -0.4 is 10.1 Å². The van der Waals surface area contributed by atoms with E-state index in [0.29, 0.717) is 25.1 Å². The van der Waals surface area contributed by atoms with E-state index >= 15 is 0 Å². The van der Waals surface area contributed by atoms with Crippen LogP contribution in [0.4, 0.5) is 0 Å². The number of nitrogens with one attached hydrogen (secondary N) is 1. The fraction of sp³-hybridized carbons (Fsp3) is 0.650. The van der Waals surface area contributed by atoms with Crippen molar-refractivity contribution in [3.63, 3.8) is 0 Å². The first-order chi connectivity index (χ1) is 11.9. The Morgan fingerprint density at radius 2 is 1.72 bits per heavy atom. The Hall–Kier alpha value is -1.59. The molecule has 0 aromatic heterocycles. The highest BCUT2D eigenvalue weighted by molar-refractivity contribution is 5.78. The molecule has 1 amide bonds. The van der Waals surface area contributed by atoms with Gasteiger partial charge in [-0.2, -0.15) is 0 Å². The third-order valence-corrected chi connectivity index (χ3v) is 4.45. The number of benzene rings is 1. The topological polar surface area (TPSA) is 44.8 Å². The molecule has 1 aliphatic rings. The maximum Gasteiger partial charge on any atom is 0.234 e. The lowest BCUT2D eigenvalue weighted by Gasteiger charge is -2.35. The lowest BCUT2D eigenvalue weighted by Crippen LogP contribution is -2.50. The second kappa shape index (κ2) is 9.78. The second-order valence-corrected chi connectivity index (χ2v) is 7.94. The van der Waals surface area contributed by atoms with Crippen LogP contribution in [0.15, 0.2) is 30.3 Å². The maximum atomic E-state index is 12.0. The molecule has 0 spiro atoms. The molecule has 0 saturated carbocycles. The van der Waals surface area contributed by atoms with E-state index in [-0.39, 0.29) is 5.91 Å². The summed E-state index contributed by atoms with van der Waals surface area (Å²) >= 11 is 0. The molecule has 1 aliphatic heterocycles. The molecule has 1 aromatic rings. The predicted molar refractivity (Wildman–Crippen MR) is 102 cm³/mol. The van der Waals surface area contributed by atoms with Gasteiger partial charge in [0.15, 0.2) is 0 Å². The molecule has 5 nitrogen and oxygen atoms in total. The van der Waals surface area contributed by atoms with Crippen molar-refractivity contribution in [2.45, 2.75) is 27.2 Å². The zero-order valence-electron chi connectivity index (χ0n) is 16.0. The number of nitrogens with zero attached hydrogens (tertiary/aromatic N) is 2. The smallest absolute Gasteiger partial charge is 0.234 e. The summed E-state index contributed by atoms with van der Waals surface area (Å²) in [6, 6.07) is 9.67. The first-order valence-corrected chi connectivity index (χ1v) is 9.32. The average molecular weight is 348 g/mol. The molecule has 0 atom stereocenters. The molecule has 1 aromatic carbocycles. The standard InChI is InChI=1S/C20H33N3O2/c1-20(2,3)9-11-22-12-14-23(15-13-22)17-19(24)21-10-16-25-18-7-5-4-6-8-18/h4-8H,9-17H2,1-3H3,(H,21,24). The van der Waals surface area contributed by atoms with Crippen molar-refractivity contribution in [1.29, 1.82) is 0 Å². The highest BCUT2D eigenvalue weighted by atomic mass is 16.5. The second-order valence-electron chi connectivity index (χ2n) is 7.94. The number of piperazine rings is 1. The summed E-state index contributed by atoms with van der Waals surface area (Å²) < 4.78 is 5.58. The normalized spacial score (nSPS) is 16.6. The molecule has 1 fully saturated rings. The summed E-state index contributed by atoms with van der Waals surface area (Å²) in [5.74, 6) is 0.919. The molecule has 0 unspecified atom stereocenters. The summed E-state index contributed by atoms with van der Waals surface area (Å²) in [7, 11) is 0. The van der Waals surface area contributed by atoms with E-state index in [1.165, 1.54) is 6.42 Å². The lowest BCUT2D eigenvalue weighted by atomic mass is 9.92. The molecule has 1 heterocycles. The van der Waals surface area contributed by atoms with E-state index in [9.17, 15) is 4.79 Å². The van der Waals surface area contributed by atoms with Crippen LogP contribution in [0.25, 0.3) is 0 Å². The fourth-order valence-corrected chi connectivity index (χ4v) is 2.80. The summed E-state index contributed by atoms with van der Waals surface area (Å²) in [6.45, 7) is 13.6. The number of hydrogen-bond acceptors (Lipinski definition) is 4. The van der Waals surface area contributed by atoms with Gasteiger partial charge in [-0.05, 0) is 30.5 Å². The Morgan fingerprint density at radius 3 is 2.36 bits per heavy atom. The van der Waals surface area contributed by atoms with E-state index in [4.69, 9.17) is 4.74 Å². The van der Waals surface area contributed by atoms with E-state index in [1.54, 1.807) is 0 Å². The summed E-state index contributed by atoms with van der Waals surface area (Å²) in [6.07, 6.45) is 1.22. The number of hydrogen-bond donors (Lipinski definition) is 1. The Kier molecular flexibility index (Phi) is 7.72. The van der Waals surface area contributed by atoms with Crippen LogP contribution in [-0.4, -0.2) is 68.1 Å². The Morgan fingerprint density at radius 1 is 1.08 bits per heavy atom. The van der Waals surface area contributed by atoms with E-state index in [2.05, 4.69) is 35.9 Å². The van der Waals surface area contributed by atoms with Gasteiger partial charge in [-0.1, -0.05) is 39.0 Å². The van der Waals surface area contributed by atoms with Crippen LogP contribution in [0.5, 0.6) is 5.75 Å². The van der Waals surface area contributed by atoms with Crippen LogP contribution in [0.1, 0.15) is 27.2 Å². The number of para-hydroxylation sites is 1. The number of rotatable bonds is 8. The number of carbonyl (C=O) groups is 1. The molecule has 2 rings (SSSR count). The first kappa shape index (κ1) is 19.7. The Bertz CT molecular complexity index is 505. The highest BCUT2D eigenvalue weighted by Gasteiger charge is 2.20. The van der Waals surface area contributed by atoms with E-state index in [0.717, 1.165) is 38.5 Å². The van der Waals surface area contributed by atoms with Crippen molar-refractivity contribution in [2.75, 3.05) is 52.4 Å². The molecule has 25 heavy (non-hydrogen) atoms. The van der Waals surface area contributed by atoms with Crippen LogP contribution in [-0.2, 0) is 4.79 Å². The lowest BCUT2D eigenvalue weighted by molar-refractivity contribution is -0.122. The van der Waals surface area contributed by atoms with Crippen LogP contribution in [0, 0.1) is 5.41 Å². The fourth-order valence-electron chi connectivity index (χ4n) is 2.80. The zero-order valence-corrected chi connectivity index (χ0v) is 16.0. The third kappa shape index (κ3) is 8.36. The van der Waals surface area contributed by atoms with Gasteiger partial charge in [0.1, 0.15) is 12.4 Å². The van der Waals surface area contributed by atoms with Crippen molar-refractivity contribution in [2.24, 2.45) is 5.41 Å². The number of amides is 1.